The summed E-state index contributed by atoms with van der Waals surface area (Å²) in [5.41, 5.74) is 3.42. The highest BCUT2D eigenvalue weighted by Gasteiger charge is 2.15. The third-order valence-corrected chi connectivity index (χ3v) is 4.87. The molecule has 0 aliphatic heterocycles. The Balaban J connectivity index is 1.67. The molecule has 0 saturated heterocycles. The molecule has 3 rings (SSSR count). The fourth-order valence-electron chi connectivity index (χ4n) is 2.70. The summed E-state index contributed by atoms with van der Waals surface area (Å²) < 4.78 is 4.48. The summed E-state index contributed by atoms with van der Waals surface area (Å²) >= 11 is 9.58. The molecule has 1 aromatic carbocycles. The van der Waals surface area contributed by atoms with Crippen LogP contribution in [0.3, 0.4) is 0 Å². The molecule has 2 heterocycles. The van der Waals surface area contributed by atoms with Crippen molar-refractivity contribution in [2.24, 2.45) is 0 Å². The van der Waals surface area contributed by atoms with Gasteiger partial charge in [-0.05, 0) is 41.4 Å². The molecule has 1 N–H and O–H groups in total. The maximum atomic E-state index is 12.3. The van der Waals surface area contributed by atoms with Crippen LogP contribution in [-0.4, -0.2) is 25.5 Å². The predicted molar refractivity (Wildman–Crippen MR) is 105 cm³/mol. The minimum atomic E-state index is -0.0693. The van der Waals surface area contributed by atoms with Crippen molar-refractivity contribution < 1.29 is 4.79 Å². The van der Waals surface area contributed by atoms with E-state index in [4.69, 9.17) is 11.6 Å². The minimum absolute atomic E-state index is 0.0693. The van der Waals surface area contributed by atoms with Crippen LogP contribution in [0.25, 0.3) is 0 Å². The molecule has 3 aromatic rings. The predicted octanol–water partition coefficient (Wildman–Crippen LogP) is 4.19. The van der Waals surface area contributed by atoms with Gasteiger partial charge < -0.3 is 5.32 Å². The molecule has 0 fully saturated rings. The molecule has 2 aromatic heterocycles. The van der Waals surface area contributed by atoms with Gasteiger partial charge in [0, 0.05) is 24.2 Å². The fraction of sp³-hybridized carbons (Fsp3) is 0.278. The average Bonchev–Trinajstić information content (AvgIpc) is 3.13. The second-order valence-corrected chi connectivity index (χ2v) is 7.34. The molecule has 0 aliphatic carbocycles. The Labute approximate surface area is 165 Å². The molecule has 136 valence electrons. The van der Waals surface area contributed by atoms with E-state index in [9.17, 15) is 4.79 Å². The largest absolute Gasteiger partial charge is 0.323 e. The molecular weight excluding hydrogens is 418 g/mol. The fourth-order valence-corrected chi connectivity index (χ4v) is 3.22. The molecule has 0 spiro atoms. The van der Waals surface area contributed by atoms with Crippen LogP contribution in [0, 0.1) is 13.8 Å². The van der Waals surface area contributed by atoms with Crippen LogP contribution in [0.15, 0.2) is 41.1 Å². The van der Waals surface area contributed by atoms with Crippen molar-refractivity contribution in [3.8, 4) is 0 Å². The number of nitrogens with one attached hydrogen (secondary N) is 1. The Bertz CT molecular complexity index is 934. The Morgan fingerprint density at radius 1 is 1.31 bits per heavy atom. The van der Waals surface area contributed by atoms with E-state index in [2.05, 4.69) is 31.4 Å². The number of carbonyl (C=O) groups is 1. The van der Waals surface area contributed by atoms with Crippen LogP contribution in [0.4, 0.5) is 5.69 Å². The van der Waals surface area contributed by atoms with Crippen molar-refractivity contribution in [2.45, 2.75) is 33.4 Å². The average molecular weight is 437 g/mol. The van der Waals surface area contributed by atoms with E-state index in [1.807, 2.05) is 49.0 Å². The lowest BCUT2D eigenvalue weighted by Gasteiger charge is -2.08. The van der Waals surface area contributed by atoms with Gasteiger partial charge in [-0.25, -0.2) is 0 Å². The summed E-state index contributed by atoms with van der Waals surface area (Å²) in [6.45, 7) is 4.90. The number of halogens is 2. The summed E-state index contributed by atoms with van der Waals surface area (Å²) in [7, 11) is 0. The van der Waals surface area contributed by atoms with Crippen molar-refractivity contribution in [1.82, 2.24) is 19.6 Å². The normalized spacial score (nSPS) is 10.9. The van der Waals surface area contributed by atoms with Crippen LogP contribution in [0.1, 0.15) is 23.4 Å². The van der Waals surface area contributed by atoms with E-state index in [0.29, 0.717) is 24.5 Å². The van der Waals surface area contributed by atoms with Crippen molar-refractivity contribution in [3.63, 3.8) is 0 Å². The van der Waals surface area contributed by atoms with Gasteiger partial charge in [0.25, 0.3) is 0 Å². The SMILES string of the molecule is Cc1nn(Cc2ccccc2Cl)c(C)c1NC(=O)CCn1cc(Br)cn1. The van der Waals surface area contributed by atoms with Gasteiger partial charge in [-0.2, -0.15) is 10.2 Å². The minimum Gasteiger partial charge on any atom is -0.323 e. The Kier molecular flexibility index (Phi) is 5.78. The molecule has 1 amide bonds. The van der Waals surface area contributed by atoms with Crippen LogP contribution in [0.5, 0.6) is 0 Å². The molecule has 26 heavy (non-hydrogen) atoms. The van der Waals surface area contributed by atoms with Gasteiger partial charge in [0.1, 0.15) is 0 Å². The van der Waals surface area contributed by atoms with Gasteiger partial charge >= 0.3 is 0 Å². The van der Waals surface area contributed by atoms with E-state index in [0.717, 1.165) is 27.1 Å². The Hall–Kier alpha value is -2.12. The van der Waals surface area contributed by atoms with Gasteiger partial charge in [-0.1, -0.05) is 29.8 Å². The van der Waals surface area contributed by atoms with Crippen LogP contribution < -0.4 is 5.32 Å². The first-order chi connectivity index (χ1) is 12.4. The van der Waals surface area contributed by atoms with E-state index in [1.54, 1.807) is 10.9 Å². The topological polar surface area (TPSA) is 64.7 Å². The number of carbonyl (C=O) groups excluding carboxylic acids is 1. The number of benzene rings is 1. The van der Waals surface area contributed by atoms with Crippen molar-refractivity contribution in [3.05, 3.63) is 63.1 Å². The first-order valence-electron chi connectivity index (χ1n) is 8.19. The standard InChI is InChI=1S/C18H19BrClN5O/c1-12-18(22-17(26)7-8-24-11-15(19)9-21-24)13(2)25(23-12)10-14-5-3-4-6-16(14)20/h3-6,9,11H,7-8,10H2,1-2H3,(H,22,26). The zero-order valence-corrected chi connectivity index (χ0v) is 16.9. The second-order valence-electron chi connectivity index (χ2n) is 6.01. The van der Waals surface area contributed by atoms with Crippen molar-refractivity contribution in [1.29, 1.82) is 0 Å². The second kappa shape index (κ2) is 8.05. The zero-order valence-electron chi connectivity index (χ0n) is 14.5. The lowest BCUT2D eigenvalue weighted by molar-refractivity contribution is -0.116. The van der Waals surface area contributed by atoms with Crippen LogP contribution >= 0.6 is 27.5 Å². The van der Waals surface area contributed by atoms with Gasteiger partial charge in [0.15, 0.2) is 0 Å². The van der Waals surface area contributed by atoms with E-state index < -0.39 is 0 Å². The number of aryl methyl sites for hydroxylation is 2. The number of amides is 1. The number of hydrogen-bond acceptors (Lipinski definition) is 3. The van der Waals surface area contributed by atoms with Crippen molar-refractivity contribution >= 4 is 39.1 Å². The Morgan fingerprint density at radius 3 is 2.77 bits per heavy atom. The Morgan fingerprint density at radius 2 is 2.08 bits per heavy atom. The monoisotopic (exact) mass is 435 g/mol. The smallest absolute Gasteiger partial charge is 0.226 e. The van der Waals surface area contributed by atoms with Gasteiger partial charge in [0.2, 0.25) is 5.91 Å². The molecule has 0 saturated carbocycles. The maximum Gasteiger partial charge on any atom is 0.226 e. The molecule has 0 atom stereocenters. The summed E-state index contributed by atoms with van der Waals surface area (Å²) in [5, 5.41) is 12.4. The lowest BCUT2D eigenvalue weighted by atomic mass is 10.2. The van der Waals surface area contributed by atoms with Crippen LogP contribution in [0.2, 0.25) is 5.02 Å². The third kappa shape index (κ3) is 4.34. The van der Waals surface area contributed by atoms with Gasteiger partial charge in [-0.3, -0.25) is 14.2 Å². The van der Waals surface area contributed by atoms with Crippen molar-refractivity contribution in [2.75, 3.05) is 5.32 Å². The van der Waals surface area contributed by atoms with Gasteiger partial charge in [-0.15, -0.1) is 0 Å². The molecule has 6 nitrogen and oxygen atoms in total. The van der Waals surface area contributed by atoms with Gasteiger partial charge in [0.05, 0.1) is 34.3 Å². The molecular formula is C18H19BrClN5O. The summed E-state index contributed by atoms with van der Waals surface area (Å²) in [6, 6.07) is 7.68. The molecule has 0 aliphatic rings. The van der Waals surface area contributed by atoms with E-state index >= 15 is 0 Å². The third-order valence-electron chi connectivity index (χ3n) is 4.09. The summed E-state index contributed by atoms with van der Waals surface area (Å²) in [5.74, 6) is -0.0693. The number of anilines is 1. The molecule has 0 radical (unpaired) electrons. The number of nitrogens with zero attached hydrogens (tertiary/aromatic N) is 4. The molecule has 8 heteroatoms. The first kappa shape index (κ1) is 18.7. The molecule has 0 bridgehead atoms. The highest BCUT2D eigenvalue weighted by Crippen LogP contribution is 2.23. The first-order valence-corrected chi connectivity index (χ1v) is 9.36. The maximum absolute atomic E-state index is 12.3. The van der Waals surface area contributed by atoms with E-state index in [-0.39, 0.29) is 5.91 Å². The molecule has 0 unspecified atom stereocenters. The zero-order chi connectivity index (χ0) is 18.7. The quantitative estimate of drug-likeness (QED) is 0.630. The summed E-state index contributed by atoms with van der Waals surface area (Å²) in [4.78, 5) is 12.3. The highest BCUT2D eigenvalue weighted by molar-refractivity contribution is 9.10. The highest BCUT2D eigenvalue weighted by atomic mass is 79.9. The number of aromatic nitrogens is 4. The van der Waals surface area contributed by atoms with Crippen LogP contribution in [-0.2, 0) is 17.9 Å². The number of hydrogen-bond donors (Lipinski definition) is 1. The number of rotatable bonds is 6. The summed E-state index contributed by atoms with van der Waals surface area (Å²) in [6.07, 6.45) is 3.87. The van der Waals surface area contributed by atoms with E-state index in [1.165, 1.54) is 0 Å². The lowest BCUT2D eigenvalue weighted by Crippen LogP contribution is -2.15.